The second-order valence-electron chi connectivity index (χ2n) is 6.07. The molecule has 2 aromatic carbocycles. The third-order valence-electron chi connectivity index (χ3n) is 4.13. The Morgan fingerprint density at radius 2 is 2.04 bits per heavy atom. The molecule has 5 nitrogen and oxygen atoms in total. The van der Waals surface area contributed by atoms with E-state index in [1.165, 1.54) is 0 Å². The summed E-state index contributed by atoms with van der Waals surface area (Å²) in [5, 5.41) is 4.59. The summed E-state index contributed by atoms with van der Waals surface area (Å²) in [5.41, 5.74) is 13.6. The number of anilines is 1. The minimum Gasteiger partial charge on any atom is -0.372 e. The zero-order valence-electron chi connectivity index (χ0n) is 14.2. The van der Waals surface area contributed by atoms with E-state index in [9.17, 15) is 4.79 Å². The molecule has 1 heterocycles. The van der Waals surface area contributed by atoms with Gasteiger partial charge in [-0.1, -0.05) is 23.7 Å². The number of nitrogens with zero attached hydrogens (tertiary/aromatic N) is 1. The highest BCUT2D eigenvalue weighted by atomic mass is 35.5. The molecule has 0 fully saturated rings. The zero-order chi connectivity index (χ0) is 18.5. The molecule has 5 N–H and O–H groups in total. The van der Waals surface area contributed by atoms with E-state index >= 15 is 0 Å². The summed E-state index contributed by atoms with van der Waals surface area (Å²) in [4.78, 5) is 16.3. The number of primary amides is 1. The second kappa shape index (κ2) is 8.49. The molecule has 0 spiro atoms. The largest absolute Gasteiger partial charge is 0.372 e. The molecule has 0 bridgehead atoms. The molecule has 3 aromatic rings. The molecular formula is C19H21ClN4OS. The molecule has 0 aliphatic rings. The van der Waals surface area contributed by atoms with Crippen molar-refractivity contribution in [1.82, 2.24) is 4.98 Å². The number of thiazole rings is 1. The Hall–Kier alpha value is -2.15. The van der Waals surface area contributed by atoms with Crippen LogP contribution >= 0.6 is 22.9 Å². The number of carbonyl (C=O) groups excluding carboxylic acids is 1. The van der Waals surface area contributed by atoms with Crippen LogP contribution < -0.4 is 16.8 Å². The maximum absolute atomic E-state index is 11.7. The number of nitrogens with two attached hydrogens (primary N) is 2. The predicted octanol–water partition coefficient (Wildman–Crippen LogP) is 4.01. The highest BCUT2D eigenvalue weighted by molar-refractivity contribution is 7.21. The number of carbonyl (C=O) groups is 1. The van der Waals surface area contributed by atoms with Crippen molar-refractivity contribution in [1.29, 1.82) is 0 Å². The monoisotopic (exact) mass is 388 g/mol. The Bertz CT molecular complexity index is 878. The van der Waals surface area contributed by atoms with Gasteiger partial charge >= 0.3 is 0 Å². The van der Waals surface area contributed by atoms with Crippen LogP contribution in [0, 0.1) is 0 Å². The molecule has 0 aliphatic heterocycles. The Morgan fingerprint density at radius 1 is 1.23 bits per heavy atom. The first kappa shape index (κ1) is 18.6. The molecule has 1 amide bonds. The molecule has 3 rings (SSSR count). The molecule has 1 unspecified atom stereocenters. The van der Waals surface area contributed by atoms with Crippen LogP contribution in [-0.4, -0.2) is 23.5 Å². The lowest BCUT2D eigenvalue weighted by Crippen LogP contribution is -2.35. The normalized spacial score (nSPS) is 12.2. The third-order valence-corrected chi connectivity index (χ3v) is 5.53. The quantitative estimate of drug-likeness (QED) is 0.508. The number of hydrogen-bond donors (Lipinski definition) is 3. The first-order valence-electron chi connectivity index (χ1n) is 8.50. The minimum absolute atomic E-state index is 0.395. The first-order valence-corrected chi connectivity index (χ1v) is 9.69. The van der Waals surface area contributed by atoms with Gasteiger partial charge < -0.3 is 16.8 Å². The molecule has 0 radical (unpaired) electrons. The maximum Gasteiger partial charge on any atom is 0.239 e. The van der Waals surface area contributed by atoms with E-state index in [1.807, 2.05) is 42.5 Å². The van der Waals surface area contributed by atoms with Crippen molar-refractivity contribution in [2.24, 2.45) is 11.5 Å². The highest BCUT2D eigenvalue weighted by Gasteiger charge is 2.16. The SMILES string of the molecule is NCCCCC(Nc1ccc(-c2nc3ccccc3s2)cc1Cl)C(N)=O. The average Bonchev–Trinajstić information content (AvgIpc) is 3.06. The summed E-state index contributed by atoms with van der Waals surface area (Å²) < 4.78 is 1.13. The van der Waals surface area contributed by atoms with Gasteiger partial charge in [-0.2, -0.15) is 0 Å². The van der Waals surface area contributed by atoms with Gasteiger partial charge in [-0.3, -0.25) is 4.79 Å². The molecule has 136 valence electrons. The van der Waals surface area contributed by atoms with E-state index in [0.29, 0.717) is 23.7 Å². The van der Waals surface area contributed by atoms with Gasteiger partial charge in [0.15, 0.2) is 0 Å². The number of halogens is 1. The standard InChI is InChI=1S/C19H21ClN4OS/c20-13-11-12(19-24-15-5-1-2-7-17(15)26-19)8-9-14(13)23-16(18(22)25)6-3-4-10-21/h1-2,5,7-9,11,16,23H,3-4,6,10,21H2,(H2,22,25). The van der Waals surface area contributed by atoms with E-state index in [-0.39, 0.29) is 0 Å². The van der Waals surface area contributed by atoms with Gasteiger partial charge in [0.2, 0.25) is 5.91 Å². The van der Waals surface area contributed by atoms with Crippen molar-refractivity contribution in [3.63, 3.8) is 0 Å². The molecular weight excluding hydrogens is 368 g/mol. The number of para-hydroxylation sites is 1. The zero-order valence-corrected chi connectivity index (χ0v) is 15.8. The van der Waals surface area contributed by atoms with Gasteiger partial charge in [0, 0.05) is 5.56 Å². The number of fused-ring (bicyclic) bond motifs is 1. The van der Waals surface area contributed by atoms with Crippen LogP contribution in [0.15, 0.2) is 42.5 Å². The van der Waals surface area contributed by atoms with Crippen molar-refractivity contribution in [3.8, 4) is 10.6 Å². The first-order chi connectivity index (χ1) is 12.6. The van der Waals surface area contributed by atoms with Gasteiger partial charge in [-0.15, -0.1) is 11.3 Å². The maximum atomic E-state index is 11.7. The van der Waals surface area contributed by atoms with Crippen LogP contribution in [0.2, 0.25) is 5.02 Å². The molecule has 1 atom stereocenters. The number of nitrogens with one attached hydrogen (secondary N) is 1. The molecule has 0 saturated heterocycles. The fraction of sp³-hybridized carbons (Fsp3) is 0.263. The second-order valence-corrected chi connectivity index (χ2v) is 7.50. The lowest BCUT2D eigenvalue weighted by atomic mass is 10.1. The number of aromatic nitrogens is 1. The predicted molar refractivity (Wildman–Crippen MR) is 110 cm³/mol. The highest BCUT2D eigenvalue weighted by Crippen LogP contribution is 2.34. The summed E-state index contributed by atoms with van der Waals surface area (Å²) in [6.07, 6.45) is 2.32. The van der Waals surface area contributed by atoms with Gasteiger partial charge in [0.1, 0.15) is 11.0 Å². The topological polar surface area (TPSA) is 94.0 Å². The van der Waals surface area contributed by atoms with Gasteiger partial charge in [0.05, 0.1) is 20.9 Å². The van der Waals surface area contributed by atoms with Crippen molar-refractivity contribution in [2.45, 2.75) is 25.3 Å². The van der Waals surface area contributed by atoms with E-state index < -0.39 is 11.9 Å². The van der Waals surface area contributed by atoms with Crippen LogP contribution in [0.25, 0.3) is 20.8 Å². The van der Waals surface area contributed by atoms with Crippen LogP contribution in [0.3, 0.4) is 0 Å². The lowest BCUT2D eigenvalue weighted by molar-refractivity contribution is -0.118. The van der Waals surface area contributed by atoms with Crippen molar-refractivity contribution in [2.75, 3.05) is 11.9 Å². The molecule has 1 aromatic heterocycles. The van der Waals surface area contributed by atoms with Crippen LogP contribution in [0.5, 0.6) is 0 Å². The summed E-state index contributed by atoms with van der Waals surface area (Å²) in [7, 11) is 0. The third kappa shape index (κ3) is 4.33. The summed E-state index contributed by atoms with van der Waals surface area (Å²) in [6.45, 7) is 0.600. The smallest absolute Gasteiger partial charge is 0.239 e. The fourth-order valence-electron chi connectivity index (χ4n) is 2.73. The summed E-state index contributed by atoms with van der Waals surface area (Å²) >= 11 is 8.05. The number of rotatable bonds is 8. The van der Waals surface area contributed by atoms with Gasteiger partial charge in [-0.25, -0.2) is 4.98 Å². The van der Waals surface area contributed by atoms with Crippen molar-refractivity contribution >= 4 is 44.7 Å². The molecule has 7 heteroatoms. The Morgan fingerprint density at radius 3 is 2.73 bits per heavy atom. The van der Waals surface area contributed by atoms with Crippen molar-refractivity contribution < 1.29 is 4.79 Å². The van der Waals surface area contributed by atoms with E-state index in [1.54, 1.807) is 11.3 Å². The number of benzene rings is 2. The Labute approximate surface area is 161 Å². The fourth-order valence-corrected chi connectivity index (χ4v) is 3.92. The number of amides is 1. The molecule has 26 heavy (non-hydrogen) atoms. The van der Waals surface area contributed by atoms with Crippen LogP contribution in [0.1, 0.15) is 19.3 Å². The number of hydrogen-bond acceptors (Lipinski definition) is 5. The minimum atomic E-state index is -0.465. The Balaban J connectivity index is 1.79. The van der Waals surface area contributed by atoms with E-state index in [2.05, 4.69) is 10.3 Å². The van der Waals surface area contributed by atoms with Crippen molar-refractivity contribution in [3.05, 3.63) is 47.5 Å². The lowest BCUT2D eigenvalue weighted by Gasteiger charge is -2.18. The number of unbranched alkanes of at least 4 members (excludes halogenated alkanes) is 1. The van der Waals surface area contributed by atoms with Gasteiger partial charge in [-0.05, 0) is 56.1 Å². The van der Waals surface area contributed by atoms with Crippen LogP contribution in [-0.2, 0) is 4.79 Å². The van der Waals surface area contributed by atoms with E-state index in [4.69, 9.17) is 23.1 Å². The molecule has 0 aliphatic carbocycles. The molecule has 0 saturated carbocycles. The van der Waals surface area contributed by atoms with Gasteiger partial charge in [0.25, 0.3) is 0 Å². The Kier molecular flexibility index (Phi) is 6.08. The summed E-state index contributed by atoms with van der Waals surface area (Å²) in [6, 6.07) is 13.2. The van der Waals surface area contributed by atoms with E-state index in [0.717, 1.165) is 33.6 Å². The van der Waals surface area contributed by atoms with Crippen LogP contribution in [0.4, 0.5) is 5.69 Å². The summed E-state index contributed by atoms with van der Waals surface area (Å²) in [5.74, 6) is -0.395. The average molecular weight is 389 g/mol.